The number of hydrogen-bond acceptors (Lipinski definition) is 5. The van der Waals surface area contributed by atoms with E-state index in [1.54, 1.807) is 0 Å². The topological polar surface area (TPSA) is 54.5 Å². The van der Waals surface area contributed by atoms with E-state index in [9.17, 15) is 4.79 Å². The zero-order chi connectivity index (χ0) is 16.3. The van der Waals surface area contributed by atoms with Gasteiger partial charge >= 0.3 is 5.97 Å². The van der Waals surface area contributed by atoms with E-state index in [0.717, 1.165) is 57.6 Å². The van der Waals surface area contributed by atoms with E-state index in [2.05, 4.69) is 41.3 Å². The van der Waals surface area contributed by atoms with E-state index in [1.165, 1.54) is 5.56 Å². The van der Waals surface area contributed by atoms with Crippen LogP contribution in [0.15, 0.2) is 18.3 Å². The Morgan fingerprint density at radius 2 is 2.04 bits per heavy atom. The zero-order valence-electron chi connectivity index (χ0n) is 15.0. The fourth-order valence-electron chi connectivity index (χ4n) is 3.70. The molecule has 3 heterocycles. The van der Waals surface area contributed by atoms with Crippen LogP contribution in [0.3, 0.4) is 0 Å². The Morgan fingerprint density at radius 1 is 1.32 bits per heavy atom. The lowest BCUT2D eigenvalue weighted by atomic mass is 9.76. The number of aryl methyl sites for hydroxylation is 1. The van der Waals surface area contributed by atoms with Gasteiger partial charge in [-0.3, -0.25) is 14.7 Å². The smallest absolute Gasteiger partial charge is 0.312 e. The molecule has 2 aliphatic heterocycles. The molecule has 2 fully saturated rings. The third-order valence-corrected chi connectivity index (χ3v) is 5.13. The van der Waals surface area contributed by atoms with Crippen molar-refractivity contribution in [3.8, 4) is 0 Å². The normalized spacial score (nSPS) is 21.6. The molecule has 0 aliphatic carbocycles. The monoisotopic (exact) mass is 389 g/mol. The molecule has 142 valence electrons. The van der Waals surface area contributed by atoms with Crippen LogP contribution in [0.4, 0.5) is 0 Å². The molecule has 0 saturated carbocycles. The van der Waals surface area contributed by atoms with Crippen LogP contribution < -0.4 is 5.32 Å². The quantitative estimate of drug-likeness (QED) is 0.784. The summed E-state index contributed by atoms with van der Waals surface area (Å²) in [6.07, 6.45) is 5.65. The Hall–Kier alpha value is -0.880. The fraction of sp³-hybridized carbons (Fsp3) is 0.667. The first-order valence-electron chi connectivity index (χ1n) is 8.65. The van der Waals surface area contributed by atoms with E-state index in [0.29, 0.717) is 0 Å². The first kappa shape index (κ1) is 22.2. The van der Waals surface area contributed by atoms with Crippen LogP contribution in [0.2, 0.25) is 0 Å². The number of likely N-dealkylation sites (N-methyl/N-ethyl adjacent to an activating group) is 1. The first-order chi connectivity index (χ1) is 11.1. The average molecular weight is 390 g/mol. The van der Waals surface area contributed by atoms with E-state index < -0.39 is 0 Å². The largest absolute Gasteiger partial charge is 0.461 e. The Kier molecular flexibility index (Phi) is 8.61. The van der Waals surface area contributed by atoms with Crippen LogP contribution in [0.25, 0.3) is 0 Å². The Balaban J connectivity index is 0.00000156. The molecule has 0 bridgehead atoms. The number of hydrogen-bond donors (Lipinski definition) is 1. The molecule has 7 heteroatoms. The maximum absolute atomic E-state index is 12.3. The lowest BCUT2D eigenvalue weighted by Gasteiger charge is -2.29. The highest BCUT2D eigenvalue weighted by Gasteiger charge is 2.49. The summed E-state index contributed by atoms with van der Waals surface area (Å²) < 4.78 is 5.67. The van der Waals surface area contributed by atoms with E-state index in [4.69, 9.17) is 4.74 Å². The van der Waals surface area contributed by atoms with E-state index in [-0.39, 0.29) is 42.3 Å². The minimum absolute atomic E-state index is 0. The number of nitrogens with zero attached hydrogens (tertiary/aromatic N) is 2. The van der Waals surface area contributed by atoms with Crippen molar-refractivity contribution in [1.29, 1.82) is 0 Å². The van der Waals surface area contributed by atoms with Crippen LogP contribution in [0, 0.1) is 5.41 Å². The van der Waals surface area contributed by atoms with Gasteiger partial charge in [0.25, 0.3) is 0 Å². The SMILES string of the molecule is CCc1ccc(CN(C)CC2CC3(CCNCC3)C(=O)O2)nc1.Cl.Cl. The molecule has 25 heavy (non-hydrogen) atoms. The van der Waals surface area contributed by atoms with E-state index >= 15 is 0 Å². The molecule has 3 rings (SSSR count). The van der Waals surface area contributed by atoms with Gasteiger partial charge < -0.3 is 10.1 Å². The molecule has 1 spiro atoms. The molecule has 0 radical (unpaired) electrons. The van der Waals surface area contributed by atoms with Crippen molar-refractivity contribution >= 4 is 30.8 Å². The lowest BCUT2D eigenvalue weighted by molar-refractivity contribution is -0.150. The number of nitrogens with one attached hydrogen (secondary N) is 1. The summed E-state index contributed by atoms with van der Waals surface area (Å²) in [4.78, 5) is 19.0. The Morgan fingerprint density at radius 3 is 2.64 bits per heavy atom. The molecular weight excluding hydrogens is 361 g/mol. The lowest BCUT2D eigenvalue weighted by Crippen LogP contribution is -2.39. The van der Waals surface area contributed by atoms with Crippen LogP contribution >= 0.6 is 24.8 Å². The minimum Gasteiger partial charge on any atom is -0.461 e. The van der Waals surface area contributed by atoms with Gasteiger partial charge in [-0.25, -0.2) is 0 Å². The van der Waals surface area contributed by atoms with Crippen LogP contribution in [-0.4, -0.2) is 48.6 Å². The Bertz CT molecular complexity index is 548. The second-order valence-corrected chi connectivity index (χ2v) is 6.97. The first-order valence-corrected chi connectivity index (χ1v) is 8.65. The maximum Gasteiger partial charge on any atom is 0.312 e. The number of halogens is 2. The van der Waals surface area contributed by atoms with Crippen LogP contribution in [0.1, 0.15) is 37.4 Å². The van der Waals surface area contributed by atoms with Crippen LogP contribution in [-0.2, 0) is 22.5 Å². The van der Waals surface area contributed by atoms with Crippen molar-refractivity contribution in [2.45, 2.75) is 45.3 Å². The van der Waals surface area contributed by atoms with E-state index in [1.807, 2.05) is 6.20 Å². The Labute approximate surface area is 162 Å². The number of esters is 1. The summed E-state index contributed by atoms with van der Waals surface area (Å²) in [6, 6.07) is 4.22. The number of rotatable bonds is 5. The van der Waals surface area contributed by atoms with Crippen LogP contribution in [0.5, 0.6) is 0 Å². The molecule has 1 atom stereocenters. The van der Waals surface area contributed by atoms with Crippen molar-refractivity contribution in [2.24, 2.45) is 5.41 Å². The molecule has 1 N–H and O–H groups in total. The van der Waals surface area contributed by atoms with Crippen molar-refractivity contribution in [3.05, 3.63) is 29.6 Å². The third-order valence-electron chi connectivity index (χ3n) is 5.13. The summed E-state index contributed by atoms with van der Waals surface area (Å²) in [6.45, 7) is 5.54. The predicted octanol–water partition coefficient (Wildman–Crippen LogP) is 2.60. The molecule has 1 unspecified atom stereocenters. The second-order valence-electron chi connectivity index (χ2n) is 6.97. The molecule has 2 saturated heterocycles. The van der Waals surface area contributed by atoms with Gasteiger partial charge in [-0.2, -0.15) is 0 Å². The maximum atomic E-state index is 12.3. The summed E-state index contributed by atoms with van der Waals surface area (Å²) in [5, 5.41) is 3.33. The standard InChI is InChI=1S/C18H27N3O2.2ClH/c1-3-14-4-5-15(20-11-14)12-21(2)13-16-10-18(17(22)23-16)6-8-19-9-7-18;;/h4-5,11,16,19H,3,6-10,12-13H2,1-2H3;2*1H. The molecular formula is C18H29Cl2N3O2. The van der Waals surface area contributed by atoms with Gasteiger partial charge in [0, 0.05) is 25.7 Å². The van der Waals surface area contributed by atoms with Gasteiger partial charge in [-0.1, -0.05) is 13.0 Å². The fourth-order valence-corrected chi connectivity index (χ4v) is 3.70. The number of carbonyl (C=O) groups is 1. The minimum atomic E-state index is -0.224. The summed E-state index contributed by atoms with van der Waals surface area (Å²) in [5.41, 5.74) is 2.09. The number of aromatic nitrogens is 1. The number of pyridine rings is 1. The molecule has 5 nitrogen and oxygen atoms in total. The second kappa shape index (κ2) is 9.72. The van der Waals surface area contributed by atoms with Gasteiger partial charge in [0.2, 0.25) is 0 Å². The summed E-state index contributed by atoms with van der Waals surface area (Å²) in [5.74, 6) is 0.0165. The van der Waals surface area contributed by atoms with Crippen molar-refractivity contribution < 1.29 is 9.53 Å². The van der Waals surface area contributed by atoms with Crippen molar-refractivity contribution in [2.75, 3.05) is 26.7 Å². The van der Waals surface area contributed by atoms with Gasteiger partial charge in [0.1, 0.15) is 6.10 Å². The molecule has 1 aromatic rings. The highest BCUT2D eigenvalue weighted by molar-refractivity contribution is 5.85. The number of cyclic esters (lactones) is 1. The van der Waals surface area contributed by atoms with Crippen molar-refractivity contribution in [1.82, 2.24) is 15.2 Å². The molecule has 0 amide bonds. The average Bonchev–Trinajstić information content (AvgIpc) is 2.83. The molecule has 2 aliphatic rings. The van der Waals surface area contributed by atoms with Gasteiger partial charge in [-0.05, 0) is 51.0 Å². The summed E-state index contributed by atoms with van der Waals surface area (Å²) >= 11 is 0. The third kappa shape index (κ3) is 5.30. The van der Waals surface area contributed by atoms with Gasteiger partial charge in [0.05, 0.1) is 11.1 Å². The molecule has 0 aromatic carbocycles. The number of piperidine rings is 1. The number of carbonyl (C=O) groups excluding carboxylic acids is 1. The van der Waals surface area contributed by atoms with Gasteiger partial charge in [-0.15, -0.1) is 24.8 Å². The highest BCUT2D eigenvalue weighted by Crippen LogP contribution is 2.41. The molecule has 1 aromatic heterocycles. The number of ether oxygens (including phenoxy) is 1. The van der Waals surface area contributed by atoms with Gasteiger partial charge in [0.15, 0.2) is 0 Å². The highest BCUT2D eigenvalue weighted by atomic mass is 35.5. The summed E-state index contributed by atoms with van der Waals surface area (Å²) in [7, 11) is 2.07. The van der Waals surface area contributed by atoms with Crippen molar-refractivity contribution in [3.63, 3.8) is 0 Å². The predicted molar refractivity (Wildman–Crippen MR) is 103 cm³/mol. The zero-order valence-corrected chi connectivity index (χ0v) is 16.6.